The third-order valence-corrected chi connectivity index (χ3v) is 9.01. The number of hydrogen-bond acceptors (Lipinski definition) is 1. The van der Waals surface area contributed by atoms with E-state index in [-0.39, 0.29) is 7.00 Å². The van der Waals surface area contributed by atoms with Crippen molar-refractivity contribution < 1.29 is 9.90 Å². The first kappa shape index (κ1) is 15.5. The van der Waals surface area contributed by atoms with E-state index >= 15 is 0 Å². The van der Waals surface area contributed by atoms with Crippen LogP contribution in [0.1, 0.15) is 0 Å². The SMILES string of the molecule is O=C(O)B[PH](c1ccccc1)(c1ccccc1)c1ccccc1. The van der Waals surface area contributed by atoms with Gasteiger partial charge in [-0.15, -0.1) is 0 Å². The molecule has 0 fully saturated rings. The van der Waals surface area contributed by atoms with Gasteiger partial charge in [0.1, 0.15) is 0 Å². The van der Waals surface area contributed by atoms with E-state index in [4.69, 9.17) is 0 Å². The van der Waals surface area contributed by atoms with Crippen LogP contribution in [-0.2, 0) is 0 Å². The Hall–Kier alpha value is -2.38. The molecule has 1 N–H and O–H groups in total. The molecule has 0 bridgehead atoms. The van der Waals surface area contributed by atoms with Crippen LogP contribution in [0, 0.1) is 0 Å². The molecule has 0 aliphatic rings. The van der Waals surface area contributed by atoms with Gasteiger partial charge in [-0.2, -0.15) is 0 Å². The van der Waals surface area contributed by atoms with E-state index in [0.29, 0.717) is 0 Å². The molecule has 23 heavy (non-hydrogen) atoms. The summed E-state index contributed by atoms with van der Waals surface area (Å²) in [7, 11) is -2.59. The van der Waals surface area contributed by atoms with Crippen LogP contribution in [0.3, 0.4) is 0 Å². The first-order valence-electron chi connectivity index (χ1n) is 7.62. The van der Waals surface area contributed by atoms with Crippen molar-refractivity contribution in [1.29, 1.82) is 0 Å². The second kappa shape index (κ2) is 6.81. The zero-order valence-electron chi connectivity index (χ0n) is 12.7. The molecule has 0 heterocycles. The zero-order valence-corrected chi connectivity index (χ0v) is 13.7. The molecule has 0 aliphatic heterocycles. The van der Waals surface area contributed by atoms with Gasteiger partial charge in [-0.05, 0) is 0 Å². The molecule has 0 aromatic heterocycles. The molecule has 3 rings (SSSR count). The van der Waals surface area contributed by atoms with Crippen molar-refractivity contribution in [2.75, 3.05) is 0 Å². The number of rotatable bonds is 5. The van der Waals surface area contributed by atoms with Crippen LogP contribution in [0.2, 0.25) is 0 Å². The minimum absolute atomic E-state index is 0.144. The summed E-state index contributed by atoms with van der Waals surface area (Å²) in [5.74, 6) is -0.756. The van der Waals surface area contributed by atoms with Gasteiger partial charge < -0.3 is 0 Å². The van der Waals surface area contributed by atoms with Gasteiger partial charge >= 0.3 is 137 Å². The predicted molar refractivity (Wildman–Crippen MR) is 102 cm³/mol. The Balaban J connectivity index is 2.32. The fourth-order valence-electron chi connectivity index (χ4n) is 3.20. The molecular formula is C19H18BO2P. The van der Waals surface area contributed by atoms with Crippen LogP contribution in [0.15, 0.2) is 91.0 Å². The summed E-state index contributed by atoms with van der Waals surface area (Å²) in [6.07, 6.45) is 0. The molecule has 0 unspecified atom stereocenters. The van der Waals surface area contributed by atoms with E-state index in [1.54, 1.807) is 0 Å². The molecule has 0 spiro atoms. The Morgan fingerprint density at radius 2 is 0.957 bits per heavy atom. The van der Waals surface area contributed by atoms with Crippen LogP contribution >= 0.6 is 7.14 Å². The normalized spacial score (nSPS) is 11.7. The molecule has 3 aromatic carbocycles. The van der Waals surface area contributed by atoms with E-state index in [2.05, 4.69) is 36.4 Å². The van der Waals surface area contributed by atoms with Crippen molar-refractivity contribution in [3.8, 4) is 0 Å². The number of benzene rings is 3. The van der Waals surface area contributed by atoms with Crippen molar-refractivity contribution >= 4 is 35.9 Å². The number of hydrogen-bond donors (Lipinski definition) is 1. The molecule has 0 amide bonds. The van der Waals surface area contributed by atoms with E-state index in [0.717, 1.165) is 15.9 Å². The van der Waals surface area contributed by atoms with Crippen molar-refractivity contribution in [2.45, 2.75) is 0 Å². The summed E-state index contributed by atoms with van der Waals surface area (Å²) >= 11 is 0. The predicted octanol–water partition coefficient (Wildman–Crippen LogP) is 2.74. The van der Waals surface area contributed by atoms with Gasteiger partial charge in [0.2, 0.25) is 0 Å². The summed E-state index contributed by atoms with van der Waals surface area (Å²) in [5, 5.41) is 13.0. The number of carboxylic acid groups (broad SMARTS) is 1. The molecule has 4 heteroatoms. The molecule has 0 aliphatic carbocycles. The molecule has 0 saturated heterocycles. The minimum atomic E-state index is -2.59. The Kier molecular flexibility index (Phi) is 4.59. The molecule has 0 radical (unpaired) electrons. The van der Waals surface area contributed by atoms with Gasteiger partial charge in [0, 0.05) is 0 Å². The van der Waals surface area contributed by atoms with Crippen molar-refractivity contribution in [3.63, 3.8) is 0 Å². The van der Waals surface area contributed by atoms with Gasteiger partial charge in [0.05, 0.1) is 0 Å². The van der Waals surface area contributed by atoms with Crippen LogP contribution in [0.25, 0.3) is 0 Å². The molecule has 114 valence electrons. The van der Waals surface area contributed by atoms with E-state index in [1.807, 2.05) is 54.6 Å². The van der Waals surface area contributed by atoms with Gasteiger partial charge in [0.15, 0.2) is 0 Å². The zero-order chi connectivity index (χ0) is 16.1. The maximum atomic E-state index is 11.8. The summed E-state index contributed by atoms with van der Waals surface area (Å²) in [5.41, 5.74) is 0. The summed E-state index contributed by atoms with van der Waals surface area (Å²) in [6, 6.07) is 30.2. The van der Waals surface area contributed by atoms with E-state index < -0.39 is 13.0 Å². The standard InChI is InChI=1S/C19H18BO2P/c21-19(22)20-23(16-10-4-1-5-11-16,17-12-6-2-7-13-17)18-14-8-3-9-15-18/h1-15,20,23H,(H,21,22). The molecular weight excluding hydrogens is 302 g/mol. The van der Waals surface area contributed by atoms with Gasteiger partial charge in [-0.1, -0.05) is 0 Å². The molecule has 3 aromatic rings. The monoisotopic (exact) mass is 320 g/mol. The van der Waals surface area contributed by atoms with Gasteiger partial charge in [0.25, 0.3) is 0 Å². The van der Waals surface area contributed by atoms with Crippen LogP contribution < -0.4 is 15.9 Å². The maximum absolute atomic E-state index is 11.8. The van der Waals surface area contributed by atoms with Gasteiger partial charge in [-0.3, -0.25) is 0 Å². The average Bonchev–Trinajstić information content (AvgIpc) is 2.62. The molecule has 0 atom stereocenters. The molecule has 2 nitrogen and oxygen atoms in total. The van der Waals surface area contributed by atoms with E-state index in [9.17, 15) is 9.90 Å². The summed E-state index contributed by atoms with van der Waals surface area (Å²) in [4.78, 5) is 11.8. The second-order valence-corrected chi connectivity index (χ2v) is 9.47. The fourth-order valence-corrected chi connectivity index (χ4v) is 7.55. The first-order valence-corrected chi connectivity index (χ1v) is 9.82. The topological polar surface area (TPSA) is 37.3 Å². The van der Waals surface area contributed by atoms with Gasteiger partial charge in [-0.25, -0.2) is 0 Å². The quantitative estimate of drug-likeness (QED) is 0.580. The average molecular weight is 320 g/mol. The summed E-state index contributed by atoms with van der Waals surface area (Å²) in [6.45, 7) is 0.144. The Morgan fingerprint density at radius 1 is 0.652 bits per heavy atom. The summed E-state index contributed by atoms with van der Waals surface area (Å²) < 4.78 is 0. The van der Waals surface area contributed by atoms with Crippen LogP contribution in [-0.4, -0.2) is 18.0 Å². The fraction of sp³-hybridized carbons (Fsp3) is 0. The van der Waals surface area contributed by atoms with Crippen LogP contribution in [0.5, 0.6) is 0 Å². The Labute approximate surface area is 137 Å². The third kappa shape index (κ3) is 3.06. The molecule has 0 saturated carbocycles. The Bertz CT molecular complexity index is 680. The Morgan fingerprint density at radius 3 is 1.22 bits per heavy atom. The number of carbonyl (C=O) groups is 1. The second-order valence-electron chi connectivity index (χ2n) is 5.57. The van der Waals surface area contributed by atoms with Crippen molar-refractivity contribution in [1.82, 2.24) is 0 Å². The third-order valence-electron chi connectivity index (χ3n) is 4.22. The van der Waals surface area contributed by atoms with Crippen LogP contribution in [0.4, 0.5) is 4.79 Å². The van der Waals surface area contributed by atoms with E-state index in [1.165, 1.54) is 0 Å². The van der Waals surface area contributed by atoms with Crippen molar-refractivity contribution in [3.05, 3.63) is 91.0 Å². The first-order chi connectivity index (χ1) is 11.2. The van der Waals surface area contributed by atoms with Crippen molar-refractivity contribution in [2.24, 2.45) is 0 Å².